The van der Waals surface area contributed by atoms with E-state index in [1.807, 2.05) is 6.92 Å². The fraction of sp³-hybridized carbons (Fsp3) is 0.105. The number of benzene rings is 2. The van der Waals surface area contributed by atoms with Gasteiger partial charge in [-0.05, 0) is 48.9 Å². The highest BCUT2D eigenvalue weighted by Crippen LogP contribution is 2.23. The van der Waals surface area contributed by atoms with Crippen LogP contribution in [-0.2, 0) is 16.4 Å². The Hall–Kier alpha value is -2.46. The van der Waals surface area contributed by atoms with Crippen molar-refractivity contribution >= 4 is 61.2 Å². The van der Waals surface area contributed by atoms with Crippen LogP contribution in [0.1, 0.15) is 22.3 Å². The number of anilines is 2. The van der Waals surface area contributed by atoms with Crippen LogP contribution in [0.5, 0.6) is 0 Å². The first-order valence-corrected chi connectivity index (χ1v) is 11.7. The summed E-state index contributed by atoms with van der Waals surface area (Å²) in [4.78, 5) is 12.2. The molecule has 1 heterocycles. The molecule has 1 aromatic heterocycles. The topological polar surface area (TPSA) is 101 Å². The lowest BCUT2D eigenvalue weighted by Crippen LogP contribution is -2.12. The summed E-state index contributed by atoms with van der Waals surface area (Å²) in [6.45, 7) is 1.91. The Kier molecular flexibility index (Phi) is 7.09. The minimum absolute atomic E-state index is 0.0807. The van der Waals surface area contributed by atoms with Gasteiger partial charge in [0.25, 0.3) is 10.0 Å². The van der Waals surface area contributed by atoms with Crippen molar-refractivity contribution < 1.29 is 13.2 Å². The smallest absolute Gasteiger partial charge is 0.263 e. The van der Waals surface area contributed by atoms with Gasteiger partial charge >= 0.3 is 0 Å². The predicted octanol–water partition coefficient (Wildman–Crippen LogP) is 5.02. The van der Waals surface area contributed by atoms with Crippen LogP contribution in [0.15, 0.2) is 59.6 Å². The SMILES string of the molecule is CCc1nnc(NS(=O)(=O)c2ccc(N/C=C\C(=O)c3ccc(Cl)c(Cl)c3)cc2)s1. The molecule has 0 saturated carbocycles. The van der Waals surface area contributed by atoms with E-state index >= 15 is 0 Å². The molecule has 7 nitrogen and oxygen atoms in total. The number of hydrogen-bond acceptors (Lipinski definition) is 7. The predicted molar refractivity (Wildman–Crippen MR) is 120 cm³/mol. The Morgan fingerprint density at radius 1 is 1.10 bits per heavy atom. The van der Waals surface area contributed by atoms with Gasteiger partial charge in [0.05, 0.1) is 14.9 Å². The first-order valence-electron chi connectivity index (χ1n) is 8.66. The summed E-state index contributed by atoms with van der Waals surface area (Å²) >= 11 is 12.9. The van der Waals surface area contributed by atoms with Crippen molar-refractivity contribution in [1.82, 2.24) is 10.2 Å². The van der Waals surface area contributed by atoms with Gasteiger partial charge < -0.3 is 5.32 Å². The molecular weight excluding hydrogens is 467 g/mol. The summed E-state index contributed by atoms with van der Waals surface area (Å²) in [6, 6.07) is 10.7. The molecule has 0 amide bonds. The zero-order chi connectivity index (χ0) is 21.7. The van der Waals surface area contributed by atoms with E-state index in [9.17, 15) is 13.2 Å². The lowest BCUT2D eigenvalue weighted by atomic mass is 10.1. The average molecular weight is 483 g/mol. The van der Waals surface area contributed by atoms with E-state index in [0.717, 1.165) is 5.01 Å². The van der Waals surface area contributed by atoms with E-state index in [-0.39, 0.29) is 15.8 Å². The molecule has 0 aliphatic carbocycles. The summed E-state index contributed by atoms with van der Waals surface area (Å²) in [6.07, 6.45) is 3.48. The maximum Gasteiger partial charge on any atom is 0.263 e. The molecule has 0 fully saturated rings. The van der Waals surface area contributed by atoms with Gasteiger partial charge in [0, 0.05) is 23.5 Å². The third kappa shape index (κ3) is 5.57. The van der Waals surface area contributed by atoms with Crippen molar-refractivity contribution in [2.24, 2.45) is 0 Å². The second kappa shape index (κ2) is 9.57. The van der Waals surface area contributed by atoms with Crippen LogP contribution >= 0.6 is 34.5 Å². The van der Waals surface area contributed by atoms with Crippen molar-refractivity contribution in [2.45, 2.75) is 18.2 Å². The summed E-state index contributed by atoms with van der Waals surface area (Å²) < 4.78 is 27.3. The summed E-state index contributed by atoms with van der Waals surface area (Å²) in [5.74, 6) is -0.257. The lowest BCUT2D eigenvalue weighted by molar-refractivity contribution is 0.104. The fourth-order valence-corrected chi connectivity index (χ4v) is 4.51. The van der Waals surface area contributed by atoms with E-state index < -0.39 is 10.0 Å². The van der Waals surface area contributed by atoms with Gasteiger partial charge in [0.1, 0.15) is 5.01 Å². The van der Waals surface area contributed by atoms with Gasteiger partial charge in [-0.15, -0.1) is 10.2 Å². The largest absolute Gasteiger partial charge is 0.362 e. The molecule has 0 spiro atoms. The Morgan fingerprint density at radius 3 is 2.47 bits per heavy atom. The highest BCUT2D eigenvalue weighted by molar-refractivity contribution is 7.93. The zero-order valence-corrected chi connectivity index (χ0v) is 18.7. The van der Waals surface area contributed by atoms with Crippen LogP contribution in [0.2, 0.25) is 10.0 Å². The van der Waals surface area contributed by atoms with Crippen molar-refractivity contribution in [3.05, 3.63) is 75.4 Å². The van der Waals surface area contributed by atoms with E-state index in [4.69, 9.17) is 23.2 Å². The number of sulfonamides is 1. The maximum atomic E-state index is 12.5. The van der Waals surface area contributed by atoms with Gasteiger partial charge in [-0.1, -0.05) is 41.5 Å². The van der Waals surface area contributed by atoms with E-state index in [0.29, 0.717) is 27.7 Å². The first kappa shape index (κ1) is 22.2. The van der Waals surface area contributed by atoms with E-state index in [2.05, 4.69) is 20.2 Å². The number of aryl methyl sites for hydroxylation is 1. The monoisotopic (exact) mass is 482 g/mol. The quantitative estimate of drug-likeness (QED) is 0.345. The molecular formula is C19H16Cl2N4O3S2. The number of halogens is 2. The van der Waals surface area contributed by atoms with Gasteiger partial charge in [0.2, 0.25) is 5.13 Å². The molecule has 3 rings (SSSR count). The van der Waals surface area contributed by atoms with Gasteiger partial charge in [-0.3, -0.25) is 9.52 Å². The second-order valence-electron chi connectivity index (χ2n) is 5.96. The molecule has 0 radical (unpaired) electrons. The molecule has 156 valence electrons. The van der Waals surface area contributed by atoms with Crippen LogP contribution in [-0.4, -0.2) is 24.4 Å². The summed E-state index contributed by atoms with van der Waals surface area (Å²) in [7, 11) is -3.77. The minimum Gasteiger partial charge on any atom is -0.362 e. The number of nitrogens with one attached hydrogen (secondary N) is 2. The maximum absolute atomic E-state index is 12.5. The van der Waals surface area contributed by atoms with Crippen molar-refractivity contribution in [2.75, 3.05) is 10.0 Å². The highest BCUT2D eigenvalue weighted by Gasteiger charge is 2.16. The molecule has 0 saturated heterocycles. The minimum atomic E-state index is -3.77. The van der Waals surface area contributed by atoms with Gasteiger partial charge in [0.15, 0.2) is 5.78 Å². The Balaban J connectivity index is 1.62. The zero-order valence-electron chi connectivity index (χ0n) is 15.6. The number of nitrogens with zero attached hydrogens (tertiary/aromatic N) is 2. The molecule has 2 N–H and O–H groups in total. The molecule has 0 aliphatic rings. The number of ketones is 1. The third-order valence-electron chi connectivity index (χ3n) is 3.84. The average Bonchev–Trinajstić information content (AvgIpc) is 3.17. The number of carbonyl (C=O) groups excluding carboxylic acids is 1. The van der Waals surface area contributed by atoms with Crippen molar-refractivity contribution in [3.8, 4) is 0 Å². The molecule has 11 heteroatoms. The molecule has 0 atom stereocenters. The van der Waals surface area contributed by atoms with Crippen LogP contribution in [0.4, 0.5) is 10.8 Å². The normalized spacial score (nSPS) is 11.6. The van der Waals surface area contributed by atoms with Crippen LogP contribution in [0, 0.1) is 0 Å². The van der Waals surface area contributed by atoms with E-state index in [1.165, 1.54) is 41.8 Å². The number of hydrogen-bond donors (Lipinski definition) is 2. The number of rotatable bonds is 8. The molecule has 0 unspecified atom stereocenters. The Labute approximate surface area is 187 Å². The first-order chi connectivity index (χ1) is 14.3. The Bertz CT molecular complexity index is 1190. The molecule has 3 aromatic rings. The van der Waals surface area contributed by atoms with Crippen molar-refractivity contribution in [3.63, 3.8) is 0 Å². The summed E-state index contributed by atoms with van der Waals surface area (Å²) in [5.41, 5.74) is 1.01. The van der Waals surface area contributed by atoms with Crippen molar-refractivity contribution in [1.29, 1.82) is 0 Å². The van der Waals surface area contributed by atoms with Crippen LogP contribution in [0.25, 0.3) is 0 Å². The Morgan fingerprint density at radius 2 is 1.83 bits per heavy atom. The highest BCUT2D eigenvalue weighted by atomic mass is 35.5. The molecule has 30 heavy (non-hydrogen) atoms. The van der Waals surface area contributed by atoms with Crippen LogP contribution < -0.4 is 10.0 Å². The second-order valence-corrected chi connectivity index (χ2v) is 9.51. The number of aromatic nitrogens is 2. The lowest BCUT2D eigenvalue weighted by Gasteiger charge is -2.06. The fourth-order valence-electron chi connectivity index (χ4n) is 2.30. The molecule has 0 bridgehead atoms. The molecule has 0 aliphatic heterocycles. The number of carbonyl (C=O) groups is 1. The summed E-state index contributed by atoms with van der Waals surface area (Å²) in [5, 5.41) is 12.3. The number of allylic oxidation sites excluding steroid dienone is 1. The van der Waals surface area contributed by atoms with Gasteiger partial charge in [-0.25, -0.2) is 8.42 Å². The van der Waals surface area contributed by atoms with E-state index in [1.54, 1.807) is 24.3 Å². The third-order valence-corrected chi connectivity index (χ3v) is 7.05. The standard InChI is InChI=1S/C19H16Cl2N4O3S2/c1-2-18-23-24-19(29-18)25-30(27,28)14-6-4-13(5-7-14)22-10-9-17(26)12-3-8-15(20)16(21)11-12/h3-11,22H,2H2,1H3,(H,24,25)/b10-9-. The van der Waals surface area contributed by atoms with Crippen LogP contribution in [0.3, 0.4) is 0 Å². The van der Waals surface area contributed by atoms with Gasteiger partial charge in [-0.2, -0.15) is 0 Å². The molecule has 2 aromatic carbocycles.